The van der Waals surface area contributed by atoms with Crippen molar-refractivity contribution in [3.63, 3.8) is 0 Å². The second kappa shape index (κ2) is 6.63. The van der Waals surface area contributed by atoms with Gasteiger partial charge in [-0.2, -0.15) is 18.2 Å². The van der Waals surface area contributed by atoms with E-state index < -0.39 is 12.1 Å². The fraction of sp³-hybridized carbons (Fsp3) is 0.200. The van der Waals surface area contributed by atoms with Crippen molar-refractivity contribution in [3.8, 4) is 11.4 Å². The molecule has 1 atom stereocenters. The summed E-state index contributed by atoms with van der Waals surface area (Å²) in [7, 11) is 0. The molecule has 0 aliphatic heterocycles. The molecule has 1 N–H and O–H groups in total. The highest BCUT2D eigenvalue weighted by atomic mass is 32.1. The zero-order valence-electron chi connectivity index (χ0n) is 12.7. The van der Waals surface area contributed by atoms with E-state index in [-0.39, 0.29) is 17.8 Å². The molecule has 0 spiro atoms. The molecule has 3 aromatic rings. The molecule has 2 heterocycles. The van der Waals surface area contributed by atoms with Gasteiger partial charge in [-0.25, -0.2) is 4.98 Å². The Balaban J connectivity index is 1.71. The van der Waals surface area contributed by atoms with Crippen molar-refractivity contribution in [1.82, 2.24) is 20.4 Å². The number of carbonyl (C=O) groups is 1. The molecule has 0 aliphatic rings. The van der Waals surface area contributed by atoms with Gasteiger partial charge in [0.2, 0.25) is 5.82 Å². The summed E-state index contributed by atoms with van der Waals surface area (Å²) in [5.41, 5.74) is 0.662. The summed E-state index contributed by atoms with van der Waals surface area (Å²) < 4.78 is 41.6. The van der Waals surface area contributed by atoms with Crippen LogP contribution in [0, 0.1) is 0 Å². The zero-order valence-corrected chi connectivity index (χ0v) is 13.6. The van der Waals surface area contributed by atoms with Crippen LogP contribution in [0.3, 0.4) is 0 Å². The van der Waals surface area contributed by atoms with Gasteiger partial charge in [0.1, 0.15) is 5.01 Å². The fourth-order valence-corrected chi connectivity index (χ4v) is 2.66. The highest BCUT2D eigenvalue weighted by Gasteiger charge is 2.38. The fourth-order valence-electron chi connectivity index (χ4n) is 2.02. The van der Waals surface area contributed by atoms with E-state index in [1.54, 1.807) is 6.20 Å². The van der Waals surface area contributed by atoms with Gasteiger partial charge in [0.05, 0.1) is 6.04 Å². The molecule has 2 aromatic heterocycles. The minimum atomic E-state index is -4.70. The number of amides is 1. The topological polar surface area (TPSA) is 80.9 Å². The second-order valence-electron chi connectivity index (χ2n) is 5.06. The summed E-state index contributed by atoms with van der Waals surface area (Å²) in [6.07, 6.45) is -3.05. The van der Waals surface area contributed by atoms with Crippen LogP contribution in [-0.4, -0.2) is 21.0 Å². The standard InChI is InChI=1S/C15H11F3N4O2S/c1-8(13-19-6-7-25-13)20-12(23)10-4-2-9(3-5-10)11-21-14(24-22-11)15(16,17)18/h2-8H,1H3,(H,20,23)/t8-/m1/s1. The Labute approximate surface area is 143 Å². The summed E-state index contributed by atoms with van der Waals surface area (Å²) in [4.78, 5) is 19.6. The maximum absolute atomic E-state index is 12.5. The number of hydrogen-bond acceptors (Lipinski definition) is 6. The predicted molar refractivity (Wildman–Crippen MR) is 82.7 cm³/mol. The number of aromatic nitrogens is 3. The second-order valence-corrected chi connectivity index (χ2v) is 5.99. The first-order valence-corrected chi connectivity index (χ1v) is 7.94. The van der Waals surface area contributed by atoms with Crippen LogP contribution in [0.1, 0.15) is 34.2 Å². The first-order chi connectivity index (χ1) is 11.8. The van der Waals surface area contributed by atoms with E-state index in [9.17, 15) is 18.0 Å². The molecule has 0 saturated heterocycles. The lowest BCUT2D eigenvalue weighted by Crippen LogP contribution is -2.26. The first-order valence-electron chi connectivity index (χ1n) is 7.06. The van der Waals surface area contributed by atoms with Crippen LogP contribution in [0.15, 0.2) is 40.4 Å². The Bertz CT molecular complexity index is 860. The van der Waals surface area contributed by atoms with E-state index >= 15 is 0 Å². The molecule has 0 aliphatic carbocycles. The van der Waals surface area contributed by atoms with E-state index in [1.807, 2.05) is 12.3 Å². The Morgan fingerprint density at radius 3 is 2.56 bits per heavy atom. The Kier molecular flexibility index (Phi) is 4.53. The number of alkyl halides is 3. The number of rotatable bonds is 4. The van der Waals surface area contributed by atoms with Gasteiger partial charge < -0.3 is 9.84 Å². The quantitative estimate of drug-likeness (QED) is 0.759. The van der Waals surface area contributed by atoms with Gasteiger partial charge in [0, 0.05) is 22.7 Å². The summed E-state index contributed by atoms with van der Waals surface area (Å²) >= 11 is 1.43. The molecular formula is C15H11F3N4O2S. The molecule has 10 heteroatoms. The summed E-state index contributed by atoms with van der Waals surface area (Å²) in [6.45, 7) is 1.81. The van der Waals surface area contributed by atoms with Crippen LogP contribution in [0.25, 0.3) is 11.4 Å². The van der Waals surface area contributed by atoms with Gasteiger partial charge >= 0.3 is 12.1 Å². The normalized spacial score (nSPS) is 12.8. The van der Waals surface area contributed by atoms with Gasteiger partial charge in [0.15, 0.2) is 0 Å². The first kappa shape index (κ1) is 17.1. The lowest BCUT2D eigenvalue weighted by Gasteiger charge is -2.11. The van der Waals surface area contributed by atoms with Crippen LogP contribution in [0.5, 0.6) is 0 Å². The smallest absolute Gasteiger partial charge is 0.343 e. The zero-order chi connectivity index (χ0) is 18.0. The molecule has 0 unspecified atom stereocenters. The molecule has 3 rings (SSSR count). The minimum absolute atomic E-state index is 0.199. The predicted octanol–water partition coefficient (Wildman–Crippen LogP) is 3.70. The van der Waals surface area contributed by atoms with Crippen LogP contribution in [0.4, 0.5) is 13.2 Å². The van der Waals surface area contributed by atoms with E-state index in [2.05, 4.69) is 25.0 Å². The molecule has 1 aromatic carbocycles. The summed E-state index contributed by atoms with van der Waals surface area (Å²) in [5, 5.41) is 8.68. The number of thiazole rings is 1. The highest BCUT2D eigenvalue weighted by Crippen LogP contribution is 2.29. The summed E-state index contributed by atoms with van der Waals surface area (Å²) in [6, 6.07) is 5.60. The number of carbonyl (C=O) groups excluding carboxylic acids is 1. The third-order valence-corrected chi connectivity index (χ3v) is 4.20. The molecular weight excluding hydrogens is 357 g/mol. The van der Waals surface area contributed by atoms with Crippen molar-refractivity contribution in [3.05, 3.63) is 52.3 Å². The summed E-state index contributed by atoms with van der Waals surface area (Å²) in [5.74, 6) is -1.93. The van der Waals surface area contributed by atoms with Crippen molar-refractivity contribution >= 4 is 17.2 Å². The SMILES string of the molecule is C[C@@H](NC(=O)c1ccc(-c2noc(C(F)(F)F)n2)cc1)c1nccs1. The van der Waals surface area contributed by atoms with Crippen molar-refractivity contribution in [2.45, 2.75) is 19.1 Å². The van der Waals surface area contributed by atoms with Crippen molar-refractivity contribution in [2.75, 3.05) is 0 Å². The van der Waals surface area contributed by atoms with Gasteiger partial charge in [-0.1, -0.05) is 17.3 Å². The molecule has 0 radical (unpaired) electrons. The Morgan fingerprint density at radius 1 is 1.28 bits per heavy atom. The largest absolute Gasteiger partial charge is 0.471 e. The van der Waals surface area contributed by atoms with E-state index in [0.717, 1.165) is 5.01 Å². The minimum Gasteiger partial charge on any atom is -0.343 e. The van der Waals surface area contributed by atoms with Crippen molar-refractivity contribution in [1.29, 1.82) is 0 Å². The van der Waals surface area contributed by atoms with Crippen molar-refractivity contribution in [2.24, 2.45) is 0 Å². The van der Waals surface area contributed by atoms with Gasteiger partial charge in [0.25, 0.3) is 5.91 Å². The number of nitrogens with zero attached hydrogens (tertiary/aromatic N) is 3. The Hall–Kier alpha value is -2.75. The van der Waals surface area contributed by atoms with E-state index in [1.165, 1.54) is 35.6 Å². The van der Waals surface area contributed by atoms with E-state index in [4.69, 9.17) is 0 Å². The van der Waals surface area contributed by atoms with Gasteiger partial charge in [-0.3, -0.25) is 4.79 Å². The monoisotopic (exact) mass is 368 g/mol. The number of hydrogen-bond donors (Lipinski definition) is 1. The number of nitrogens with one attached hydrogen (secondary N) is 1. The molecule has 0 fully saturated rings. The third kappa shape index (κ3) is 3.85. The molecule has 25 heavy (non-hydrogen) atoms. The van der Waals surface area contributed by atoms with Crippen molar-refractivity contribution < 1.29 is 22.5 Å². The Morgan fingerprint density at radius 2 is 2.00 bits per heavy atom. The maximum Gasteiger partial charge on any atom is 0.471 e. The molecule has 6 nitrogen and oxygen atoms in total. The molecule has 1 amide bonds. The lowest BCUT2D eigenvalue weighted by molar-refractivity contribution is -0.159. The third-order valence-electron chi connectivity index (χ3n) is 3.24. The number of benzene rings is 1. The lowest BCUT2D eigenvalue weighted by atomic mass is 10.1. The average Bonchev–Trinajstić information content (AvgIpc) is 3.26. The van der Waals surface area contributed by atoms with Crippen LogP contribution in [0.2, 0.25) is 0 Å². The maximum atomic E-state index is 12.5. The van der Waals surface area contributed by atoms with E-state index in [0.29, 0.717) is 11.1 Å². The number of halogens is 3. The van der Waals surface area contributed by atoms with Crippen LogP contribution >= 0.6 is 11.3 Å². The molecule has 0 saturated carbocycles. The molecule has 0 bridgehead atoms. The highest BCUT2D eigenvalue weighted by molar-refractivity contribution is 7.09. The van der Waals surface area contributed by atoms with Gasteiger partial charge in [-0.05, 0) is 19.1 Å². The van der Waals surface area contributed by atoms with Crippen LogP contribution in [-0.2, 0) is 6.18 Å². The molecule has 130 valence electrons. The average molecular weight is 368 g/mol. The van der Waals surface area contributed by atoms with Crippen LogP contribution < -0.4 is 5.32 Å². The van der Waals surface area contributed by atoms with Gasteiger partial charge in [-0.15, -0.1) is 11.3 Å².